The Balaban J connectivity index is 3.10. The van der Waals surface area contributed by atoms with Crippen molar-refractivity contribution >= 4 is 11.5 Å². The lowest BCUT2D eigenvalue weighted by atomic mass is 10.3. The third kappa shape index (κ3) is 1.39. The molecule has 0 aliphatic rings. The van der Waals surface area contributed by atoms with E-state index in [1.165, 1.54) is 6.33 Å². The van der Waals surface area contributed by atoms with Gasteiger partial charge in [-0.05, 0) is 6.42 Å². The maximum Gasteiger partial charge on any atom is 0.152 e. The van der Waals surface area contributed by atoms with Crippen LogP contribution in [0.15, 0.2) is 6.33 Å². The maximum absolute atomic E-state index is 5.72. The highest BCUT2D eigenvalue weighted by Crippen LogP contribution is 2.16. The van der Waals surface area contributed by atoms with Crippen LogP contribution in [-0.2, 0) is 6.42 Å². The highest BCUT2D eigenvalue weighted by atomic mass is 15.0. The highest BCUT2D eigenvalue weighted by Gasteiger charge is 2.02. The molecule has 0 saturated heterocycles. The van der Waals surface area contributed by atoms with Crippen molar-refractivity contribution in [2.45, 2.75) is 13.3 Å². The number of hydrogen-bond acceptors (Lipinski definition) is 4. The standard InChI is InChI=1S/C7H12N4/c1-3-5-6(8)7(9-2)11-4-10-5/h4H,3,8H2,1-2H3,(H,9,10,11). The first-order chi connectivity index (χ1) is 5.29. The fourth-order valence-corrected chi connectivity index (χ4v) is 0.913. The lowest BCUT2D eigenvalue weighted by molar-refractivity contribution is 1.01. The minimum Gasteiger partial charge on any atom is -0.394 e. The molecule has 0 amide bonds. The van der Waals surface area contributed by atoms with Crippen molar-refractivity contribution in [1.82, 2.24) is 9.97 Å². The number of nitrogens with zero attached hydrogens (tertiary/aromatic N) is 2. The number of nitrogens with two attached hydrogens (primary N) is 1. The molecular formula is C7H12N4. The molecule has 0 aliphatic carbocycles. The fourth-order valence-electron chi connectivity index (χ4n) is 0.913. The van der Waals surface area contributed by atoms with Gasteiger partial charge in [-0.25, -0.2) is 9.97 Å². The molecule has 3 N–H and O–H groups in total. The molecule has 1 aromatic heterocycles. The molecule has 1 rings (SSSR count). The van der Waals surface area contributed by atoms with Crippen LogP contribution in [0.1, 0.15) is 12.6 Å². The predicted molar refractivity (Wildman–Crippen MR) is 45.4 cm³/mol. The SMILES string of the molecule is CCc1ncnc(NC)c1N. The Kier molecular flexibility index (Phi) is 2.25. The fraction of sp³-hybridized carbons (Fsp3) is 0.429. The molecule has 4 heteroatoms. The van der Waals surface area contributed by atoms with E-state index < -0.39 is 0 Å². The van der Waals surface area contributed by atoms with E-state index in [2.05, 4.69) is 15.3 Å². The van der Waals surface area contributed by atoms with Gasteiger partial charge in [0, 0.05) is 7.05 Å². The molecule has 0 atom stereocenters. The minimum absolute atomic E-state index is 0.650. The first-order valence-electron chi connectivity index (χ1n) is 3.56. The van der Waals surface area contributed by atoms with Gasteiger partial charge in [-0.2, -0.15) is 0 Å². The zero-order valence-electron chi connectivity index (χ0n) is 6.76. The van der Waals surface area contributed by atoms with E-state index in [1.54, 1.807) is 7.05 Å². The van der Waals surface area contributed by atoms with Crippen molar-refractivity contribution in [2.24, 2.45) is 0 Å². The molecule has 0 aliphatic heterocycles. The van der Waals surface area contributed by atoms with Gasteiger partial charge >= 0.3 is 0 Å². The van der Waals surface area contributed by atoms with Gasteiger partial charge < -0.3 is 11.1 Å². The molecule has 11 heavy (non-hydrogen) atoms. The molecule has 0 aromatic carbocycles. The van der Waals surface area contributed by atoms with Crippen LogP contribution in [0.4, 0.5) is 11.5 Å². The number of rotatable bonds is 2. The van der Waals surface area contributed by atoms with Crippen LogP contribution in [0.2, 0.25) is 0 Å². The van der Waals surface area contributed by atoms with Crippen molar-refractivity contribution in [3.05, 3.63) is 12.0 Å². The third-order valence-electron chi connectivity index (χ3n) is 1.54. The van der Waals surface area contributed by atoms with Crippen LogP contribution in [0.5, 0.6) is 0 Å². The van der Waals surface area contributed by atoms with Crippen LogP contribution in [-0.4, -0.2) is 17.0 Å². The van der Waals surface area contributed by atoms with Crippen LogP contribution in [0.25, 0.3) is 0 Å². The van der Waals surface area contributed by atoms with E-state index in [0.29, 0.717) is 11.5 Å². The van der Waals surface area contributed by atoms with E-state index in [-0.39, 0.29) is 0 Å². The average molecular weight is 152 g/mol. The van der Waals surface area contributed by atoms with Crippen molar-refractivity contribution in [1.29, 1.82) is 0 Å². The number of anilines is 2. The Labute approximate surface area is 65.9 Å². The Bertz CT molecular complexity index is 224. The van der Waals surface area contributed by atoms with E-state index in [9.17, 15) is 0 Å². The Morgan fingerprint density at radius 2 is 2.27 bits per heavy atom. The van der Waals surface area contributed by atoms with E-state index >= 15 is 0 Å². The summed E-state index contributed by atoms with van der Waals surface area (Å²) in [4.78, 5) is 7.99. The zero-order valence-corrected chi connectivity index (χ0v) is 6.76. The van der Waals surface area contributed by atoms with Gasteiger partial charge in [0.1, 0.15) is 6.33 Å². The molecule has 0 radical (unpaired) electrons. The maximum atomic E-state index is 5.72. The summed E-state index contributed by atoms with van der Waals surface area (Å²) < 4.78 is 0. The number of aromatic nitrogens is 2. The van der Waals surface area contributed by atoms with Gasteiger partial charge in [0.05, 0.1) is 11.4 Å². The molecule has 60 valence electrons. The second-order valence-corrected chi connectivity index (χ2v) is 2.19. The summed E-state index contributed by atoms with van der Waals surface area (Å²) in [5.74, 6) is 0.705. The molecular weight excluding hydrogens is 140 g/mol. The van der Waals surface area contributed by atoms with Gasteiger partial charge in [0.15, 0.2) is 5.82 Å². The molecule has 4 nitrogen and oxygen atoms in total. The smallest absolute Gasteiger partial charge is 0.152 e. The molecule has 0 bridgehead atoms. The van der Waals surface area contributed by atoms with Crippen LogP contribution in [0, 0.1) is 0 Å². The topological polar surface area (TPSA) is 63.8 Å². The summed E-state index contributed by atoms with van der Waals surface area (Å²) in [6.45, 7) is 2.01. The number of hydrogen-bond donors (Lipinski definition) is 2. The first-order valence-corrected chi connectivity index (χ1v) is 3.56. The minimum atomic E-state index is 0.650. The summed E-state index contributed by atoms with van der Waals surface area (Å²) in [6.07, 6.45) is 2.35. The lowest BCUT2D eigenvalue weighted by Crippen LogP contribution is -2.03. The molecule has 0 unspecified atom stereocenters. The van der Waals surface area contributed by atoms with Gasteiger partial charge in [-0.15, -0.1) is 0 Å². The molecule has 0 saturated carbocycles. The number of nitrogen functional groups attached to an aromatic ring is 1. The monoisotopic (exact) mass is 152 g/mol. The normalized spacial score (nSPS) is 9.64. The quantitative estimate of drug-likeness (QED) is 0.653. The highest BCUT2D eigenvalue weighted by molar-refractivity contribution is 5.62. The van der Waals surface area contributed by atoms with Crippen LogP contribution in [0.3, 0.4) is 0 Å². The van der Waals surface area contributed by atoms with Gasteiger partial charge in [0.2, 0.25) is 0 Å². The van der Waals surface area contributed by atoms with Crippen LogP contribution >= 0.6 is 0 Å². The summed E-state index contributed by atoms with van der Waals surface area (Å²) in [5, 5.41) is 2.89. The number of nitrogens with one attached hydrogen (secondary N) is 1. The lowest BCUT2D eigenvalue weighted by Gasteiger charge is -2.05. The molecule has 0 spiro atoms. The third-order valence-corrected chi connectivity index (χ3v) is 1.54. The van der Waals surface area contributed by atoms with Crippen molar-refractivity contribution < 1.29 is 0 Å². The Morgan fingerprint density at radius 1 is 1.55 bits per heavy atom. The second-order valence-electron chi connectivity index (χ2n) is 2.19. The van der Waals surface area contributed by atoms with E-state index in [4.69, 9.17) is 5.73 Å². The van der Waals surface area contributed by atoms with Gasteiger partial charge in [0.25, 0.3) is 0 Å². The van der Waals surface area contributed by atoms with Gasteiger partial charge in [-0.3, -0.25) is 0 Å². The molecule has 1 heterocycles. The first kappa shape index (κ1) is 7.78. The largest absolute Gasteiger partial charge is 0.394 e. The number of aryl methyl sites for hydroxylation is 1. The summed E-state index contributed by atoms with van der Waals surface area (Å²) in [5.41, 5.74) is 7.26. The average Bonchev–Trinajstić information content (AvgIpc) is 2.05. The van der Waals surface area contributed by atoms with Gasteiger partial charge in [-0.1, -0.05) is 6.92 Å². The summed E-state index contributed by atoms with van der Waals surface area (Å²) >= 11 is 0. The van der Waals surface area contributed by atoms with Crippen molar-refractivity contribution in [2.75, 3.05) is 18.1 Å². The summed E-state index contributed by atoms with van der Waals surface area (Å²) in [6, 6.07) is 0. The van der Waals surface area contributed by atoms with Crippen molar-refractivity contribution in [3.8, 4) is 0 Å². The summed E-state index contributed by atoms with van der Waals surface area (Å²) in [7, 11) is 1.79. The predicted octanol–water partition coefficient (Wildman–Crippen LogP) is 0.663. The Hall–Kier alpha value is -1.32. The van der Waals surface area contributed by atoms with Crippen molar-refractivity contribution in [3.63, 3.8) is 0 Å². The van der Waals surface area contributed by atoms with E-state index in [0.717, 1.165) is 12.1 Å². The molecule has 1 aromatic rings. The molecule has 0 fully saturated rings. The Morgan fingerprint density at radius 3 is 2.82 bits per heavy atom. The van der Waals surface area contributed by atoms with Crippen LogP contribution < -0.4 is 11.1 Å². The zero-order chi connectivity index (χ0) is 8.27. The second kappa shape index (κ2) is 3.18. The van der Waals surface area contributed by atoms with E-state index in [1.807, 2.05) is 6.92 Å².